The van der Waals surface area contributed by atoms with E-state index in [-0.39, 0.29) is 18.6 Å². The van der Waals surface area contributed by atoms with Crippen LogP contribution in [0.4, 0.5) is 4.79 Å². The van der Waals surface area contributed by atoms with Gasteiger partial charge in [-0.3, -0.25) is 0 Å². The Morgan fingerprint density at radius 1 is 1.25 bits per heavy atom. The fourth-order valence-electron chi connectivity index (χ4n) is 3.88. The largest absolute Gasteiger partial charge is 0.497 e. The molecule has 2 heterocycles. The molecule has 4 rings (SSSR count). The van der Waals surface area contributed by atoms with Crippen LogP contribution in [0, 0.1) is 0 Å². The normalized spacial score (nSPS) is 17.9. The van der Waals surface area contributed by atoms with Crippen LogP contribution in [-0.4, -0.2) is 61.2 Å². The number of aromatic amines is 1. The van der Waals surface area contributed by atoms with E-state index in [1.165, 1.54) is 10.6 Å². The Balaban J connectivity index is 1.50. The number of urea groups is 1. The number of nitrogens with zero attached hydrogens (tertiary/aromatic N) is 2. The van der Waals surface area contributed by atoms with Gasteiger partial charge in [0, 0.05) is 19.1 Å². The molecule has 9 nitrogen and oxygen atoms in total. The van der Waals surface area contributed by atoms with Crippen LogP contribution in [0.3, 0.4) is 0 Å². The maximum absolute atomic E-state index is 12.8. The minimum atomic E-state index is -3.26. The highest BCUT2D eigenvalue weighted by Crippen LogP contribution is 2.22. The molecule has 170 valence electrons. The van der Waals surface area contributed by atoms with Crippen LogP contribution in [0.1, 0.15) is 23.9 Å². The van der Waals surface area contributed by atoms with E-state index < -0.39 is 16.1 Å². The summed E-state index contributed by atoms with van der Waals surface area (Å²) in [7, 11) is -1.65. The topological polar surface area (TPSA) is 116 Å². The number of aromatic nitrogens is 2. The highest BCUT2D eigenvalue weighted by Gasteiger charge is 2.30. The lowest BCUT2D eigenvalue weighted by Crippen LogP contribution is -2.45. The van der Waals surface area contributed by atoms with Gasteiger partial charge < -0.3 is 20.4 Å². The van der Waals surface area contributed by atoms with Gasteiger partial charge in [0.2, 0.25) is 10.0 Å². The van der Waals surface area contributed by atoms with Crippen LogP contribution in [0.15, 0.2) is 48.5 Å². The van der Waals surface area contributed by atoms with Crippen molar-refractivity contribution in [1.29, 1.82) is 0 Å². The lowest BCUT2D eigenvalue weighted by atomic mass is 10.1. The first-order valence-electron chi connectivity index (χ1n) is 10.4. The van der Waals surface area contributed by atoms with Gasteiger partial charge in [0.05, 0.1) is 30.4 Å². The van der Waals surface area contributed by atoms with E-state index in [4.69, 9.17) is 4.74 Å². The summed E-state index contributed by atoms with van der Waals surface area (Å²) >= 11 is 0. The molecule has 0 saturated carbocycles. The highest BCUT2D eigenvalue weighted by atomic mass is 32.2. The zero-order valence-corrected chi connectivity index (χ0v) is 18.9. The van der Waals surface area contributed by atoms with Crippen LogP contribution in [0.2, 0.25) is 0 Å². The number of carbonyl (C=O) groups is 1. The van der Waals surface area contributed by atoms with Gasteiger partial charge in [0.15, 0.2) is 0 Å². The average Bonchev–Trinajstić information content (AvgIpc) is 3.40. The molecule has 0 radical (unpaired) electrons. The number of benzene rings is 2. The van der Waals surface area contributed by atoms with Crippen molar-refractivity contribution < 1.29 is 17.9 Å². The maximum Gasteiger partial charge on any atom is 0.315 e. The number of hydrogen-bond donors (Lipinski definition) is 3. The number of nitrogens with one attached hydrogen (secondary N) is 3. The summed E-state index contributed by atoms with van der Waals surface area (Å²) in [5.74, 6) is 1.41. The molecule has 3 aromatic rings. The third-order valence-corrected chi connectivity index (χ3v) is 6.87. The van der Waals surface area contributed by atoms with E-state index in [2.05, 4.69) is 20.6 Å². The van der Waals surface area contributed by atoms with E-state index in [0.29, 0.717) is 25.2 Å². The van der Waals surface area contributed by atoms with Gasteiger partial charge in [-0.15, -0.1) is 0 Å². The predicted octanol–water partition coefficient (Wildman–Crippen LogP) is 2.19. The van der Waals surface area contributed by atoms with E-state index in [1.807, 2.05) is 48.5 Å². The fourth-order valence-corrected chi connectivity index (χ4v) is 4.77. The molecule has 1 aromatic heterocycles. The number of methoxy groups -OCH3 is 1. The Morgan fingerprint density at radius 2 is 2.00 bits per heavy atom. The molecular formula is C22H27N5O4S. The molecular weight excluding hydrogens is 430 g/mol. The lowest BCUT2D eigenvalue weighted by molar-refractivity contribution is 0.233. The molecule has 10 heteroatoms. The molecule has 2 amide bonds. The molecule has 2 atom stereocenters. The van der Waals surface area contributed by atoms with Crippen LogP contribution >= 0.6 is 0 Å². The highest BCUT2D eigenvalue weighted by molar-refractivity contribution is 7.88. The van der Waals surface area contributed by atoms with E-state index in [1.54, 1.807) is 7.11 Å². The van der Waals surface area contributed by atoms with Crippen molar-refractivity contribution in [3.63, 3.8) is 0 Å². The number of ether oxygens (including phenoxy) is 1. The summed E-state index contributed by atoms with van der Waals surface area (Å²) < 4.78 is 30.1. The summed E-state index contributed by atoms with van der Waals surface area (Å²) in [6, 6.07) is 14.4. The Hall–Kier alpha value is -3.11. The zero-order chi connectivity index (χ0) is 22.7. The molecule has 0 aliphatic carbocycles. The summed E-state index contributed by atoms with van der Waals surface area (Å²) in [5.41, 5.74) is 2.73. The predicted molar refractivity (Wildman–Crippen MR) is 122 cm³/mol. The number of rotatable bonds is 7. The number of hydrogen-bond acceptors (Lipinski definition) is 5. The third-order valence-electron chi connectivity index (χ3n) is 5.60. The number of imidazole rings is 1. The monoisotopic (exact) mass is 457 g/mol. The van der Waals surface area contributed by atoms with Gasteiger partial charge in [-0.1, -0.05) is 24.3 Å². The molecule has 0 bridgehead atoms. The SMILES string of the molecule is COc1ccc(C[C@@H](NC(=O)NC2CCN(S(C)(=O)=O)C2)c2nc3ccccc3[nH]2)cc1. The minimum absolute atomic E-state index is 0.234. The molecule has 1 unspecified atom stereocenters. The first-order chi connectivity index (χ1) is 15.3. The molecule has 3 N–H and O–H groups in total. The van der Waals surface area contributed by atoms with Crippen LogP contribution in [0.25, 0.3) is 11.0 Å². The number of sulfonamides is 1. The Morgan fingerprint density at radius 3 is 2.66 bits per heavy atom. The van der Waals surface area contributed by atoms with E-state index in [9.17, 15) is 13.2 Å². The minimum Gasteiger partial charge on any atom is -0.497 e. The quantitative estimate of drug-likeness (QED) is 0.503. The van der Waals surface area contributed by atoms with Crippen LogP contribution in [-0.2, 0) is 16.4 Å². The Bertz CT molecular complexity index is 1160. The summed E-state index contributed by atoms with van der Waals surface area (Å²) in [4.78, 5) is 20.8. The number of amides is 2. The standard InChI is InChI=1S/C22H27N5O4S/c1-31-17-9-7-15(8-10-17)13-20(21-24-18-5-3-4-6-19(18)25-21)26-22(28)23-16-11-12-27(14-16)32(2,29)30/h3-10,16,20H,11-14H2,1-2H3,(H,24,25)(H2,23,26,28)/t16?,20-/m1/s1. The second-order valence-corrected chi connectivity index (χ2v) is 9.95. The van der Waals surface area contributed by atoms with E-state index in [0.717, 1.165) is 22.3 Å². The van der Waals surface area contributed by atoms with Gasteiger partial charge in [-0.2, -0.15) is 0 Å². The van der Waals surface area contributed by atoms with Crippen molar-refractivity contribution in [3.05, 3.63) is 59.9 Å². The number of H-pyrrole nitrogens is 1. The molecule has 1 aliphatic rings. The molecule has 32 heavy (non-hydrogen) atoms. The summed E-state index contributed by atoms with van der Waals surface area (Å²) in [5, 5.41) is 5.91. The summed E-state index contributed by atoms with van der Waals surface area (Å²) in [6.45, 7) is 0.683. The Labute approximate surface area is 187 Å². The molecule has 1 aliphatic heterocycles. The van der Waals surface area contributed by atoms with Gasteiger partial charge in [0.25, 0.3) is 0 Å². The first kappa shape index (κ1) is 22.1. The number of fused-ring (bicyclic) bond motifs is 1. The number of carbonyl (C=O) groups excluding carboxylic acids is 1. The fraction of sp³-hybridized carbons (Fsp3) is 0.364. The maximum atomic E-state index is 12.8. The van der Waals surface area contributed by atoms with Gasteiger partial charge in [-0.05, 0) is 42.7 Å². The van der Waals surface area contributed by atoms with Crippen LogP contribution in [0.5, 0.6) is 5.75 Å². The van der Waals surface area contributed by atoms with Crippen molar-refractivity contribution in [2.45, 2.75) is 24.9 Å². The first-order valence-corrected chi connectivity index (χ1v) is 12.3. The summed E-state index contributed by atoms with van der Waals surface area (Å²) in [6.07, 6.45) is 2.29. The second kappa shape index (κ2) is 9.17. The Kier molecular flexibility index (Phi) is 6.33. The van der Waals surface area contributed by atoms with Crippen molar-refractivity contribution in [2.24, 2.45) is 0 Å². The van der Waals surface area contributed by atoms with Crippen molar-refractivity contribution in [2.75, 3.05) is 26.5 Å². The molecule has 2 aromatic carbocycles. The number of para-hydroxylation sites is 2. The van der Waals surface area contributed by atoms with E-state index >= 15 is 0 Å². The third kappa shape index (κ3) is 5.20. The van der Waals surface area contributed by atoms with Gasteiger partial charge in [-0.25, -0.2) is 22.5 Å². The smallest absolute Gasteiger partial charge is 0.315 e. The molecule has 1 saturated heterocycles. The average molecular weight is 458 g/mol. The molecule has 1 fully saturated rings. The van der Waals surface area contributed by atoms with Crippen LogP contribution < -0.4 is 15.4 Å². The van der Waals surface area contributed by atoms with Crippen molar-refractivity contribution in [3.8, 4) is 5.75 Å². The van der Waals surface area contributed by atoms with Gasteiger partial charge in [0.1, 0.15) is 11.6 Å². The molecule has 0 spiro atoms. The van der Waals surface area contributed by atoms with Gasteiger partial charge >= 0.3 is 6.03 Å². The lowest BCUT2D eigenvalue weighted by Gasteiger charge is -2.20. The van der Waals surface area contributed by atoms with Crippen molar-refractivity contribution in [1.82, 2.24) is 24.9 Å². The second-order valence-electron chi connectivity index (χ2n) is 7.97. The zero-order valence-electron chi connectivity index (χ0n) is 18.0. The van der Waals surface area contributed by atoms with Crippen molar-refractivity contribution >= 4 is 27.1 Å².